The lowest BCUT2D eigenvalue weighted by atomic mass is 10.1. The van der Waals surface area contributed by atoms with Gasteiger partial charge in [0.25, 0.3) is 0 Å². The Morgan fingerprint density at radius 3 is 2.71 bits per heavy atom. The SMILES string of the molecule is COC(CNc1nnc(C(F)(F)F)s1)c1cccc(Cl)c1. The van der Waals surface area contributed by atoms with Gasteiger partial charge in [-0.1, -0.05) is 35.1 Å². The number of hydrogen-bond acceptors (Lipinski definition) is 5. The van der Waals surface area contributed by atoms with Gasteiger partial charge in [0, 0.05) is 18.7 Å². The third-order valence-corrected chi connectivity index (χ3v) is 3.77. The molecule has 0 amide bonds. The topological polar surface area (TPSA) is 47.0 Å². The summed E-state index contributed by atoms with van der Waals surface area (Å²) >= 11 is 6.35. The van der Waals surface area contributed by atoms with Gasteiger partial charge in [0.2, 0.25) is 10.1 Å². The van der Waals surface area contributed by atoms with E-state index in [9.17, 15) is 13.2 Å². The maximum Gasteiger partial charge on any atom is 0.445 e. The van der Waals surface area contributed by atoms with Gasteiger partial charge >= 0.3 is 6.18 Å². The van der Waals surface area contributed by atoms with Gasteiger partial charge in [-0.25, -0.2) is 0 Å². The second-order valence-corrected chi connectivity index (χ2v) is 5.48. The molecule has 4 nitrogen and oxygen atoms in total. The van der Waals surface area contributed by atoms with E-state index in [1.165, 1.54) is 7.11 Å². The van der Waals surface area contributed by atoms with E-state index in [0.29, 0.717) is 16.4 Å². The average Bonchev–Trinajstić information content (AvgIpc) is 2.88. The first kappa shape index (κ1) is 16.0. The minimum Gasteiger partial charge on any atom is -0.375 e. The van der Waals surface area contributed by atoms with Crippen molar-refractivity contribution in [2.24, 2.45) is 0 Å². The minimum atomic E-state index is -4.48. The van der Waals surface area contributed by atoms with Crippen molar-refractivity contribution in [1.82, 2.24) is 10.2 Å². The summed E-state index contributed by atoms with van der Waals surface area (Å²) in [6.45, 7) is 0.253. The van der Waals surface area contributed by atoms with Gasteiger partial charge in [-0.3, -0.25) is 0 Å². The molecule has 1 aromatic heterocycles. The van der Waals surface area contributed by atoms with Gasteiger partial charge in [0.15, 0.2) is 0 Å². The lowest BCUT2D eigenvalue weighted by Gasteiger charge is -2.16. The van der Waals surface area contributed by atoms with Crippen molar-refractivity contribution < 1.29 is 17.9 Å². The number of benzene rings is 1. The predicted octanol–water partition coefficient (Wildman–Crippen LogP) is 4.01. The van der Waals surface area contributed by atoms with Gasteiger partial charge in [-0.05, 0) is 17.7 Å². The summed E-state index contributed by atoms with van der Waals surface area (Å²) in [6.07, 6.45) is -4.84. The van der Waals surface area contributed by atoms with E-state index in [0.717, 1.165) is 5.56 Å². The third kappa shape index (κ3) is 4.29. The summed E-state index contributed by atoms with van der Waals surface area (Å²) in [7, 11) is 1.51. The molecule has 0 aliphatic heterocycles. The zero-order valence-electron chi connectivity index (χ0n) is 10.8. The molecule has 0 bridgehead atoms. The first-order valence-electron chi connectivity index (χ1n) is 5.83. The second kappa shape index (κ2) is 6.59. The summed E-state index contributed by atoms with van der Waals surface area (Å²) < 4.78 is 42.5. The highest BCUT2D eigenvalue weighted by Gasteiger charge is 2.35. The van der Waals surface area contributed by atoms with E-state index in [-0.39, 0.29) is 17.8 Å². The van der Waals surface area contributed by atoms with Gasteiger partial charge in [0.1, 0.15) is 0 Å². The van der Waals surface area contributed by atoms with Gasteiger partial charge in [-0.2, -0.15) is 13.2 Å². The van der Waals surface area contributed by atoms with Crippen molar-refractivity contribution in [3.05, 3.63) is 39.9 Å². The smallest absolute Gasteiger partial charge is 0.375 e. The van der Waals surface area contributed by atoms with Crippen LogP contribution in [0.1, 0.15) is 16.7 Å². The van der Waals surface area contributed by atoms with Gasteiger partial charge in [-0.15, -0.1) is 10.2 Å². The summed E-state index contributed by atoms with van der Waals surface area (Å²) in [5, 5.41) is 9.00. The molecular weight excluding hydrogens is 327 g/mol. The van der Waals surface area contributed by atoms with Crippen molar-refractivity contribution in [2.45, 2.75) is 12.3 Å². The lowest BCUT2D eigenvalue weighted by Crippen LogP contribution is -2.14. The Morgan fingerprint density at radius 1 is 1.38 bits per heavy atom. The molecule has 0 aliphatic carbocycles. The summed E-state index contributed by atoms with van der Waals surface area (Å²) in [6, 6.07) is 7.06. The molecular formula is C12H11ClF3N3OS. The van der Waals surface area contributed by atoms with E-state index in [1.807, 2.05) is 6.07 Å². The lowest BCUT2D eigenvalue weighted by molar-refractivity contribution is -0.138. The first-order chi connectivity index (χ1) is 9.90. The van der Waals surface area contributed by atoms with Crippen LogP contribution in [0.5, 0.6) is 0 Å². The summed E-state index contributed by atoms with van der Waals surface area (Å²) in [5.74, 6) is 0. The third-order valence-electron chi connectivity index (χ3n) is 2.61. The normalized spacial score (nSPS) is 13.2. The van der Waals surface area contributed by atoms with E-state index in [1.54, 1.807) is 18.2 Å². The number of nitrogens with zero attached hydrogens (tertiary/aromatic N) is 2. The fourth-order valence-corrected chi connectivity index (χ4v) is 2.45. The zero-order valence-corrected chi connectivity index (χ0v) is 12.4. The van der Waals surface area contributed by atoms with E-state index < -0.39 is 11.2 Å². The van der Waals surface area contributed by atoms with Crippen LogP contribution in [-0.2, 0) is 10.9 Å². The van der Waals surface area contributed by atoms with Crippen LogP contribution in [0.15, 0.2) is 24.3 Å². The Kier molecular flexibility index (Phi) is 5.02. The molecule has 21 heavy (non-hydrogen) atoms. The predicted molar refractivity (Wildman–Crippen MR) is 74.6 cm³/mol. The highest BCUT2D eigenvalue weighted by Crippen LogP contribution is 2.33. The Balaban J connectivity index is 2.02. The molecule has 2 rings (SSSR count). The number of nitrogens with one attached hydrogen (secondary N) is 1. The van der Waals surface area contributed by atoms with Crippen LogP contribution in [0, 0.1) is 0 Å². The average molecular weight is 338 g/mol. The fraction of sp³-hybridized carbons (Fsp3) is 0.333. The van der Waals surface area contributed by atoms with Crippen molar-refractivity contribution in [3.63, 3.8) is 0 Å². The maximum atomic E-state index is 12.4. The van der Waals surface area contributed by atoms with Crippen LogP contribution in [-0.4, -0.2) is 23.9 Å². The number of aromatic nitrogens is 2. The number of anilines is 1. The van der Waals surface area contributed by atoms with Crippen LogP contribution in [0.25, 0.3) is 0 Å². The van der Waals surface area contributed by atoms with Gasteiger partial charge < -0.3 is 10.1 Å². The van der Waals surface area contributed by atoms with Crippen LogP contribution < -0.4 is 5.32 Å². The van der Waals surface area contributed by atoms with Gasteiger partial charge in [0.05, 0.1) is 6.10 Å². The molecule has 2 aromatic rings. The number of rotatable bonds is 5. The van der Waals surface area contributed by atoms with Crippen molar-refractivity contribution in [3.8, 4) is 0 Å². The standard InChI is InChI=1S/C12H11ClF3N3OS/c1-20-9(7-3-2-4-8(13)5-7)6-17-11-19-18-10(21-11)12(14,15)16/h2-5,9H,6H2,1H3,(H,17,19). The molecule has 1 heterocycles. The quantitative estimate of drug-likeness (QED) is 0.895. The number of hydrogen-bond donors (Lipinski definition) is 1. The largest absolute Gasteiger partial charge is 0.445 e. The maximum absolute atomic E-state index is 12.4. The van der Waals surface area contributed by atoms with Crippen LogP contribution in [0.4, 0.5) is 18.3 Å². The zero-order chi connectivity index (χ0) is 15.5. The fourth-order valence-electron chi connectivity index (χ4n) is 1.63. The molecule has 0 fully saturated rings. The molecule has 1 N–H and O–H groups in total. The van der Waals surface area contributed by atoms with Crippen molar-refractivity contribution in [1.29, 1.82) is 0 Å². The monoisotopic (exact) mass is 337 g/mol. The first-order valence-corrected chi connectivity index (χ1v) is 7.02. The Labute approximate surface area is 127 Å². The highest BCUT2D eigenvalue weighted by molar-refractivity contribution is 7.15. The van der Waals surface area contributed by atoms with E-state index >= 15 is 0 Å². The van der Waals surface area contributed by atoms with Crippen LogP contribution in [0.2, 0.25) is 5.02 Å². The molecule has 1 atom stereocenters. The molecule has 0 spiro atoms. The molecule has 0 saturated heterocycles. The number of alkyl halides is 3. The molecule has 1 unspecified atom stereocenters. The Hall–Kier alpha value is -1.38. The minimum absolute atomic E-state index is 0.0893. The molecule has 0 aliphatic rings. The molecule has 1 aromatic carbocycles. The van der Waals surface area contributed by atoms with Crippen molar-refractivity contribution >= 4 is 28.1 Å². The number of ether oxygens (including phenoxy) is 1. The molecule has 0 saturated carbocycles. The second-order valence-electron chi connectivity index (χ2n) is 4.07. The summed E-state index contributed by atoms with van der Waals surface area (Å²) in [5.41, 5.74) is 0.818. The Bertz CT molecular complexity index is 605. The molecule has 0 radical (unpaired) electrons. The Morgan fingerprint density at radius 2 is 2.14 bits per heavy atom. The summed E-state index contributed by atoms with van der Waals surface area (Å²) in [4.78, 5) is 0. The number of halogens is 4. The molecule has 114 valence electrons. The van der Waals surface area contributed by atoms with Crippen LogP contribution >= 0.6 is 22.9 Å². The van der Waals surface area contributed by atoms with E-state index in [4.69, 9.17) is 16.3 Å². The van der Waals surface area contributed by atoms with E-state index in [2.05, 4.69) is 15.5 Å². The number of methoxy groups -OCH3 is 1. The highest BCUT2D eigenvalue weighted by atomic mass is 35.5. The molecule has 9 heteroatoms. The van der Waals surface area contributed by atoms with Crippen LogP contribution in [0.3, 0.4) is 0 Å². The van der Waals surface area contributed by atoms with Crippen molar-refractivity contribution in [2.75, 3.05) is 19.0 Å².